The van der Waals surface area contributed by atoms with Crippen molar-refractivity contribution in [1.29, 1.82) is 0 Å². The lowest BCUT2D eigenvalue weighted by Gasteiger charge is -2.05. The van der Waals surface area contributed by atoms with E-state index in [2.05, 4.69) is 9.97 Å². The van der Waals surface area contributed by atoms with Crippen molar-refractivity contribution < 1.29 is 14.3 Å². The second kappa shape index (κ2) is 6.69. The molecule has 0 spiro atoms. The fourth-order valence-corrected chi connectivity index (χ4v) is 1.85. The predicted molar refractivity (Wildman–Crippen MR) is 76.6 cm³/mol. The molecule has 0 amide bonds. The third-order valence-corrected chi connectivity index (χ3v) is 2.85. The van der Waals surface area contributed by atoms with Gasteiger partial charge < -0.3 is 14.5 Å². The Balaban J connectivity index is 2.20. The molecule has 6 nitrogen and oxygen atoms in total. The molecule has 0 unspecified atom stereocenters. The summed E-state index contributed by atoms with van der Waals surface area (Å²) >= 11 is 0. The zero-order valence-electron chi connectivity index (χ0n) is 11.9. The molecule has 0 aliphatic heterocycles. The molecular formula is C15H16N2O4. The van der Waals surface area contributed by atoms with Gasteiger partial charge in [-0.25, -0.2) is 9.78 Å². The minimum absolute atomic E-state index is 0.0914. The van der Waals surface area contributed by atoms with Gasteiger partial charge in [0, 0.05) is 12.6 Å². The third kappa shape index (κ3) is 3.68. The summed E-state index contributed by atoms with van der Waals surface area (Å²) in [6.07, 6.45) is 1.68. The first-order valence-corrected chi connectivity index (χ1v) is 6.52. The molecule has 2 rings (SSSR count). The van der Waals surface area contributed by atoms with E-state index in [0.717, 1.165) is 11.3 Å². The van der Waals surface area contributed by atoms with Crippen molar-refractivity contribution in [2.75, 3.05) is 13.7 Å². The molecule has 21 heavy (non-hydrogen) atoms. The van der Waals surface area contributed by atoms with Gasteiger partial charge in [0.25, 0.3) is 5.56 Å². The van der Waals surface area contributed by atoms with Crippen LogP contribution < -0.4 is 10.3 Å². The Morgan fingerprint density at radius 1 is 1.38 bits per heavy atom. The molecule has 110 valence electrons. The number of nitrogens with zero attached hydrogens (tertiary/aromatic N) is 1. The summed E-state index contributed by atoms with van der Waals surface area (Å²) in [7, 11) is 1.59. The molecule has 1 aromatic carbocycles. The molecule has 0 saturated carbocycles. The van der Waals surface area contributed by atoms with Crippen LogP contribution in [0.2, 0.25) is 0 Å². The number of methoxy groups -OCH3 is 1. The highest BCUT2D eigenvalue weighted by Crippen LogP contribution is 2.14. The van der Waals surface area contributed by atoms with Crippen molar-refractivity contribution in [3.63, 3.8) is 0 Å². The zero-order chi connectivity index (χ0) is 15.2. The lowest BCUT2D eigenvalue weighted by atomic mass is 10.1. The lowest BCUT2D eigenvalue weighted by Crippen LogP contribution is -2.22. The SMILES string of the molecule is CCOC(=O)c1cnc(Cc2cccc(OC)c2)[nH]c1=O. The Hall–Kier alpha value is -2.63. The molecule has 0 fully saturated rings. The molecule has 0 aliphatic rings. The summed E-state index contributed by atoms with van der Waals surface area (Å²) in [5.74, 6) is 0.540. The summed E-state index contributed by atoms with van der Waals surface area (Å²) in [6, 6.07) is 7.46. The van der Waals surface area contributed by atoms with Crippen molar-refractivity contribution in [3.05, 3.63) is 57.8 Å². The van der Waals surface area contributed by atoms with Gasteiger partial charge in [-0.15, -0.1) is 0 Å². The van der Waals surface area contributed by atoms with Gasteiger partial charge in [-0.1, -0.05) is 12.1 Å². The van der Waals surface area contributed by atoms with Crippen LogP contribution >= 0.6 is 0 Å². The maximum absolute atomic E-state index is 11.8. The molecular weight excluding hydrogens is 272 g/mol. The van der Waals surface area contributed by atoms with E-state index >= 15 is 0 Å². The van der Waals surface area contributed by atoms with Crippen LogP contribution in [0, 0.1) is 0 Å². The molecule has 0 bridgehead atoms. The summed E-state index contributed by atoms with van der Waals surface area (Å²) in [6.45, 7) is 1.89. The number of aromatic amines is 1. The maximum Gasteiger partial charge on any atom is 0.345 e. The minimum Gasteiger partial charge on any atom is -0.497 e. The van der Waals surface area contributed by atoms with Gasteiger partial charge in [-0.3, -0.25) is 4.79 Å². The van der Waals surface area contributed by atoms with Crippen LogP contribution in [0.1, 0.15) is 28.7 Å². The Bertz CT molecular complexity index is 694. The van der Waals surface area contributed by atoms with Gasteiger partial charge in [0.05, 0.1) is 13.7 Å². The number of carbonyl (C=O) groups is 1. The average Bonchev–Trinajstić information content (AvgIpc) is 2.47. The monoisotopic (exact) mass is 288 g/mol. The van der Waals surface area contributed by atoms with Crippen molar-refractivity contribution in [3.8, 4) is 5.75 Å². The molecule has 0 radical (unpaired) electrons. The predicted octanol–water partition coefficient (Wildman–Crippen LogP) is 1.55. The molecule has 0 atom stereocenters. The first-order valence-electron chi connectivity index (χ1n) is 6.52. The van der Waals surface area contributed by atoms with E-state index in [4.69, 9.17) is 9.47 Å². The Morgan fingerprint density at radius 2 is 2.19 bits per heavy atom. The minimum atomic E-state index is -0.667. The fourth-order valence-electron chi connectivity index (χ4n) is 1.85. The second-order valence-corrected chi connectivity index (χ2v) is 4.32. The van der Waals surface area contributed by atoms with E-state index in [1.54, 1.807) is 14.0 Å². The van der Waals surface area contributed by atoms with E-state index in [1.807, 2.05) is 24.3 Å². The molecule has 1 heterocycles. The smallest absolute Gasteiger partial charge is 0.345 e. The number of rotatable bonds is 5. The van der Waals surface area contributed by atoms with Gasteiger partial charge >= 0.3 is 5.97 Å². The summed E-state index contributed by atoms with van der Waals surface area (Å²) in [5, 5.41) is 0. The summed E-state index contributed by atoms with van der Waals surface area (Å²) in [4.78, 5) is 30.1. The highest BCUT2D eigenvalue weighted by Gasteiger charge is 2.12. The number of aromatic nitrogens is 2. The topological polar surface area (TPSA) is 81.3 Å². The standard InChI is InChI=1S/C15H16N2O4/c1-3-21-15(19)12-9-16-13(17-14(12)18)8-10-5-4-6-11(7-10)20-2/h4-7,9H,3,8H2,1-2H3,(H,16,17,18). The van der Waals surface area contributed by atoms with E-state index < -0.39 is 11.5 Å². The van der Waals surface area contributed by atoms with Crippen molar-refractivity contribution in [2.24, 2.45) is 0 Å². The van der Waals surface area contributed by atoms with Crippen LogP contribution in [0.3, 0.4) is 0 Å². The van der Waals surface area contributed by atoms with Gasteiger partial charge in [-0.05, 0) is 24.6 Å². The highest BCUT2D eigenvalue weighted by atomic mass is 16.5. The van der Waals surface area contributed by atoms with Gasteiger partial charge in [0.15, 0.2) is 0 Å². The zero-order valence-corrected chi connectivity index (χ0v) is 11.9. The number of esters is 1. The molecule has 2 aromatic rings. The molecule has 1 N–H and O–H groups in total. The Morgan fingerprint density at radius 3 is 2.86 bits per heavy atom. The molecule has 6 heteroatoms. The number of hydrogen-bond acceptors (Lipinski definition) is 5. The van der Waals surface area contributed by atoms with Gasteiger partial charge in [0.1, 0.15) is 17.1 Å². The normalized spacial score (nSPS) is 10.2. The van der Waals surface area contributed by atoms with Crippen molar-refractivity contribution >= 4 is 5.97 Å². The van der Waals surface area contributed by atoms with E-state index in [-0.39, 0.29) is 12.2 Å². The fraction of sp³-hybridized carbons (Fsp3) is 0.267. The number of hydrogen-bond donors (Lipinski definition) is 1. The number of nitrogens with one attached hydrogen (secondary N) is 1. The van der Waals surface area contributed by atoms with Crippen LogP contribution in [-0.2, 0) is 11.2 Å². The van der Waals surface area contributed by atoms with Crippen LogP contribution in [0.4, 0.5) is 0 Å². The number of benzene rings is 1. The van der Waals surface area contributed by atoms with Crippen molar-refractivity contribution in [2.45, 2.75) is 13.3 Å². The maximum atomic E-state index is 11.8. The van der Waals surface area contributed by atoms with Crippen LogP contribution in [0.25, 0.3) is 0 Å². The van der Waals surface area contributed by atoms with Gasteiger partial charge in [0.2, 0.25) is 0 Å². The lowest BCUT2D eigenvalue weighted by molar-refractivity contribution is 0.0523. The summed E-state index contributed by atoms with van der Waals surface area (Å²) < 4.78 is 9.92. The van der Waals surface area contributed by atoms with Crippen LogP contribution in [0.5, 0.6) is 5.75 Å². The number of H-pyrrole nitrogens is 1. The van der Waals surface area contributed by atoms with Crippen LogP contribution in [-0.4, -0.2) is 29.7 Å². The Kier molecular flexibility index (Phi) is 4.71. The molecule has 1 aromatic heterocycles. The quantitative estimate of drug-likeness (QED) is 0.844. The van der Waals surface area contributed by atoms with E-state index in [1.165, 1.54) is 6.20 Å². The molecule has 0 aliphatic carbocycles. The number of carbonyl (C=O) groups excluding carboxylic acids is 1. The average molecular weight is 288 g/mol. The van der Waals surface area contributed by atoms with Gasteiger partial charge in [-0.2, -0.15) is 0 Å². The highest BCUT2D eigenvalue weighted by molar-refractivity contribution is 5.88. The largest absolute Gasteiger partial charge is 0.497 e. The van der Waals surface area contributed by atoms with E-state index in [0.29, 0.717) is 12.2 Å². The summed E-state index contributed by atoms with van der Waals surface area (Å²) in [5.41, 5.74) is 0.356. The molecule has 0 saturated heterocycles. The first kappa shape index (κ1) is 14.8. The van der Waals surface area contributed by atoms with Crippen LogP contribution in [0.15, 0.2) is 35.3 Å². The van der Waals surface area contributed by atoms with E-state index in [9.17, 15) is 9.59 Å². The first-order chi connectivity index (χ1) is 10.1. The third-order valence-electron chi connectivity index (χ3n) is 2.85. The number of ether oxygens (including phenoxy) is 2. The van der Waals surface area contributed by atoms with Crippen molar-refractivity contribution in [1.82, 2.24) is 9.97 Å². The second-order valence-electron chi connectivity index (χ2n) is 4.32. The Labute approximate surface area is 121 Å².